The maximum Gasteiger partial charge on any atom is 0.265 e. The Labute approximate surface area is 147 Å². The van der Waals surface area contributed by atoms with Crippen LogP contribution in [-0.4, -0.2) is 25.0 Å². The second-order valence-electron chi connectivity index (χ2n) is 6.40. The van der Waals surface area contributed by atoms with Crippen LogP contribution in [0.15, 0.2) is 48.5 Å². The number of amides is 2. The number of nitrogens with one attached hydrogen (secondary N) is 1. The van der Waals surface area contributed by atoms with Crippen molar-refractivity contribution in [3.8, 4) is 5.75 Å². The number of carbonyl (C=O) groups excluding carboxylic acids is 2. The van der Waals surface area contributed by atoms with Gasteiger partial charge in [0.1, 0.15) is 5.75 Å². The van der Waals surface area contributed by atoms with E-state index in [-0.39, 0.29) is 24.3 Å². The lowest BCUT2D eigenvalue weighted by molar-refractivity contribution is -0.121. The molecule has 0 fully saturated rings. The molecule has 1 aliphatic rings. The zero-order chi connectivity index (χ0) is 17.8. The third-order valence-electron chi connectivity index (χ3n) is 4.16. The average Bonchev–Trinajstić information content (AvgIpc) is 2.61. The van der Waals surface area contributed by atoms with E-state index in [1.165, 1.54) is 5.56 Å². The molecule has 2 aromatic rings. The molecule has 0 radical (unpaired) electrons. The summed E-state index contributed by atoms with van der Waals surface area (Å²) in [5.41, 5.74) is 2.54. The lowest BCUT2D eigenvalue weighted by atomic mass is 10.1. The molecule has 0 spiro atoms. The summed E-state index contributed by atoms with van der Waals surface area (Å²) >= 11 is 0. The van der Waals surface area contributed by atoms with E-state index < -0.39 is 0 Å². The lowest BCUT2D eigenvalue weighted by Crippen LogP contribution is -2.40. The zero-order valence-corrected chi connectivity index (χ0v) is 14.5. The lowest BCUT2D eigenvalue weighted by Gasteiger charge is -2.30. The molecule has 0 atom stereocenters. The molecular formula is C20H22N2O3. The molecule has 3 rings (SSSR count). The molecule has 1 heterocycles. The number of rotatable bonds is 5. The van der Waals surface area contributed by atoms with Crippen LogP contribution in [0.4, 0.5) is 11.4 Å². The number of nitrogens with zero attached hydrogens (tertiary/aromatic N) is 1. The molecule has 0 aromatic heterocycles. The van der Waals surface area contributed by atoms with E-state index in [1.54, 1.807) is 23.1 Å². The van der Waals surface area contributed by atoms with Gasteiger partial charge in [-0.1, -0.05) is 44.2 Å². The van der Waals surface area contributed by atoms with Crippen molar-refractivity contribution in [2.75, 3.05) is 23.4 Å². The van der Waals surface area contributed by atoms with Crippen molar-refractivity contribution >= 4 is 23.2 Å². The van der Waals surface area contributed by atoms with Crippen LogP contribution in [0, 0.1) is 5.92 Å². The second kappa shape index (κ2) is 7.38. The topological polar surface area (TPSA) is 58.6 Å². The number of benzene rings is 2. The summed E-state index contributed by atoms with van der Waals surface area (Å²) in [6.45, 7) is 4.29. The molecule has 1 N–H and O–H groups in total. The Morgan fingerprint density at radius 1 is 1.20 bits per heavy atom. The maximum absolute atomic E-state index is 12.3. The van der Waals surface area contributed by atoms with E-state index in [0.717, 1.165) is 6.42 Å². The van der Waals surface area contributed by atoms with Gasteiger partial charge in [-0.2, -0.15) is 0 Å². The first-order valence-electron chi connectivity index (χ1n) is 8.46. The van der Waals surface area contributed by atoms with Gasteiger partial charge in [0.25, 0.3) is 5.91 Å². The van der Waals surface area contributed by atoms with Gasteiger partial charge in [0.2, 0.25) is 5.91 Å². The first-order chi connectivity index (χ1) is 12.0. The van der Waals surface area contributed by atoms with Gasteiger partial charge in [0, 0.05) is 18.2 Å². The van der Waals surface area contributed by atoms with Crippen LogP contribution in [-0.2, 0) is 16.0 Å². The molecule has 0 unspecified atom stereocenters. The Morgan fingerprint density at radius 2 is 1.96 bits per heavy atom. The molecule has 0 bridgehead atoms. The van der Waals surface area contributed by atoms with E-state index in [2.05, 4.69) is 5.32 Å². The quantitative estimate of drug-likeness (QED) is 0.910. The Bertz CT molecular complexity index is 772. The molecule has 2 amide bonds. The third-order valence-corrected chi connectivity index (χ3v) is 4.16. The molecule has 25 heavy (non-hydrogen) atoms. The molecule has 5 heteroatoms. The van der Waals surface area contributed by atoms with E-state index in [0.29, 0.717) is 23.7 Å². The molecule has 0 saturated heterocycles. The van der Waals surface area contributed by atoms with Gasteiger partial charge in [-0.25, -0.2) is 0 Å². The standard InChI is InChI=1S/C20H22N2O3/c1-14(2)20(24)21-16-8-9-18-17(12-16)22(19(23)13-25-18)11-10-15-6-4-3-5-7-15/h3-9,12,14H,10-11,13H2,1-2H3,(H,21,24). The van der Waals surface area contributed by atoms with Gasteiger partial charge in [0.15, 0.2) is 6.61 Å². The van der Waals surface area contributed by atoms with E-state index >= 15 is 0 Å². The molecule has 130 valence electrons. The third kappa shape index (κ3) is 3.99. The summed E-state index contributed by atoms with van der Waals surface area (Å²) in [4.78, 5) is 26.0. The molecule has 2 aromatic carbocycles. The van der Waals surface area contributed by atoms with Crippen LogP contribution in [0.3, 0.4) is 0 Å². The fourth-order valence-corrected chi connectivity index (χ4v) is 2.70. The van der Waals surface area contributed by atoms with E-state index in [9.17, 15) is 9.59 Å². The van der Waals surface area contributed by atoms with Crippen LogP contribution in [0.5, 0.6) is 5.75 Å². The highest BCUT2D eigenvalue weighted by atomic mass is 16.5. The Hall–Kier alpha value is -2.82. The minimum atomic E-state index is -0.108. The van der Waals surface area contributed by atoms with Crippen LogP contribution >= 0.6 is 0 Å². The van der Waals surface area contributed by atoms with Crippen LogP contribution in [0.25, 0.3) is 0 Å². The van der Waals surface area contributed by atoms with Crippen molar-refractivity contribution in [2.45, 2.75) is 20.3 Å². The summed E-state index contributed by atoms with van der Waals surface area (Å²) in [5, 5.41) is 2.87. The Morgan fingerprint density at radius 3 is 2.68 bits per heavy atom. The zero-order valence-electron chi connectivity index (χ0n) is 14.5. The van der Waals surface area contributed by atoms with Gasteiger partial charge in [-0.15, -0.1) is 0 Å². The molecule has 0 saturated carbocycles. The normalized spacial score (nSPS) is 13.4. The van der Waals surface area contributed by atoms with Gasteiger partial charge >= 0.3 is 0 Å². The number of hydrogen-bond acceptors (Lipinski definition) is 3. The van der Waals surface area contributed by atoms with Crippen LogP contribution < -0.4 is 15.0 Å². The number of fused-ring (bicyclic) bond motifs is 1. The fourth-order valence-electron chi connectivity index (χ4n) is 2.70. The monoisotopic (exact) mass is 338 g/mol. The number of ether oxygens (including phenoxy) is 1. The summed E-state index contributed by atoms with van der Waals surface area (Å²) in [7, 11) is 0. The summed E-state index contributed by atoms with van der Waals surface area (Å²) in [6.07, 6.45) is 0.759. The number of hydrogen-bond donors (Lipinski definition) is 1. The van der Waals surface area contributed by atoms with Crippen LogP contribution in [0.2, 0.25) is 0 Å². The molecule has 0 aliphatic carbocycles. The minimum absolute atomic E-state index is 0.0412. The van der Waals surface area contributed by atoms with Gasteiger partial charge in [-0.3, -0.25) is 9.59 Å². The average molecular weight is 338 g/mol. The highest BCUT2D eigenvalue weighted by Crippen LogP contribution is 2.34. The molecule has 1 aliphatic heterocycles. The first-order valence-corrected chi connectivity index (χ1v) is 8.46. The summed E-state index contributed by atoms with van der Waals surface area (Å²) in [5.74, 6) is 0.424. The SMILES string of the molecule is CC(C)C(=O)Nc1ccc2c(c1)N(CCc1ccccc1)C(=O)CO2. The minimum Gasteiger partial charge on any atom is -0.482 e. The van der Waals surface area contributed by atoms with Gasteiger partial charge in [-0.05, 0) is 30.2 Å². The number of anilines is 2. The Kier molecular flexibility index (Phi) is 5.03. The van der Waals surface area contributed by atoms with Crippen molar-refractivity contribution in [2.24, 2.45) is 5.92 Å². The largest absolute Gasteiger partial charge is 0.482 e. The molecule has 5 nitrogen and oxygen atoms in total. The number of carbonyl (C=O) groups is 2. The van der Waals surface area contributed by atoms with Gasteiger partial charge in [0.05, 0.1) is 5.69 Å². The van der Waals surface area contributed by atoms with Gasteiger partial charge < -0.3 is 15.0 Å². The van der Waals surface area contributed by atoms with E-state index in [4.69, 9.17) is 4.74 Å². The van der Waals surface area contributed by atoms with Crippen molar-refractivity contribution in [1.29, 1.82) is 0 Å². The van der Waals surface area contributed by atoms with Crippen LogP contribution in [0.1, 0.15) is 19.4 Å². The Balaban J connectivity index is 1.80. The highest BCUT2D eigenvalue weighted by Gasteiger charge is 2.25. The predicted molar refractivity (Wildman–Crippen MR) is 97.9 cm³/mol. The fraction of sp³-hybridized carbons (Fsp3) is 0.300. The van der Waals surface area contributed by atoms with Crippen molar-refractivity contribution in [1.82, 2.24) is 0 Å². The molecular weight excluding hydrogens is 316 g/mol. The summed E-state index contributed by atoms with van der Waals surface area (Å²) in [6, 6.07) is 15.4. The second-order valence-corrected chi connectivity index (χ2v) is 6.40. The summed E-state index contributed by atoms with van der Waals surface area (Å²) < 4.78 is 5.52. The van der Waals surface area contributed by atoms with Crippen molar-refractivity contribution in [3.63, 3.8) is 0 Å². The van der Waals surface area contributed by atoms with E-state index in [1.807, 2.05) is 44.2 Å². The smallest absolute Gasteiger partial charge is 0.265 e. The maximum atomic E-state index is 12.3. The first kappa shape index (κ1) is 17.0. The highest BCUT2D eigenvalue weighted by molar-refractivity contribution is 5.99. The van der Waals surface area contributed by atoms with Crippen molar-refractivity contribution < 1.29 is 14.3 Å². The predicted octanol–water partition coefficient (Wildman–Crippen LogP) is 3.25. The van der Waals surface area contributed by atoms with Crippen molar-refractivity contribution in [3.05, 3.63) is 54.1 Å².